The van der Waals surface area contributed by atoms with Gasteiger partial charge in [-0.3, -0.25) is 0 Å². The third-order valence-corrected chi connectivity index (χ3v) is 5.47. The second-order valence-electron chi connectivity index (χ2n) is 7.35. The molecule has 2 aromatic rings. The normalized spacial score (nSPS) is 20.8. The van der Waals surface area contributed by atoms with E-state index in [2.05, 4.69) is 60.5 Å². The molecule has 0 aromatic heterocycles. The molecule has 0 bridgehead atoms. The number of aliphatic carboxylic acids is 2. The molecule has 1 aliphatic heterocycles. The fourth-order valence-corrected chi connectivity index (χ4v) is 4.26. The summed E-state index contributed by atoms with van der Waals surface area (Å²) < 4.78 is 0. The zero-order valence-corrected chi connectivity index (χ0v) is 15.9. The third kappa shape index (κ3) is 4.67. The van der Waals surface area contributed by atoms with Gasteiger partial charge in [0.2, 0.25) is 0 Å². The van der Waals surface area contributed by atoms with Gasteiger partial charge in [-0.05, 0) is 54.6 Å². The average Bonchev–Trinajstić information content (AvgIpc) is 2.81. The van der Waals surface area contributed by atoms with Crippen LogP contribution in [-0.4, -0.2) is 47.2 Å². The van der Waals surface area contributed by atoms with Crippen molar-refractivity contribution in [3.8, 4) is 0 Å². The Hall–Kier alpha value is -2.92. The van der Waals surface area contributed by atoms with Gasteiger partial charge in [-0.25, -0.2) is 9.59 Å². The van der Waals surface area contributed by atoms with Crippen LogP contribution in [0, 0.1) is 0 Å². The molecule has 0 saturated carbocycles. The van der Waals surface area contributed by atoms with Crippen molar-refractivity contribution in [3.05, 3.63) is 82.9 Å². The summed E-state index contributed by atoms with van der Waals surface area (Å²) in [7, 11) is 2.26. The van der Waals surface area contributed by atoms with Gasteiger partial charge in [0.1, 0.15) is 0 Å². The van der Waals surface area contributed by atoms with Gasteiger partial charge in [-0.1, -0.05) is 48.5 Å². The number of hydrogen-bond donors (Lipinski definition) is 2. The van der Waals surface area contributed by atoms with Crippen LogP contribution in [0.25, 0.3) is 0 Å². The third-order valence-electron chi connectivity index (χ3n) is 5.47. The van der Waals surface area contributed by atoms with E-state index in [-0.39, 0.29) is 0 Å². The second-order valence-corrected chi connectivity index (χ2v) is 7.35. The lowest BCUT2D eigenvalue weighted by Gasteiger charge is -2.37. The Morgan fingerprint density at radius 2 is 1.39 bits per heavy atom. The molecule has 5 heteroatoms. The first-order chi connectivity index (χ1) is 13.5. The van der Waals surface area contributed by atoms with Crippen molar-refractivity contribution in [2.24, 2.45) is 0 Å². The van der Waals surface area contributed by atoms with Crippen LogP contribution < -0.4 is 0 Å². The van der Waals surface area contributed by atoms with Gasteiger partial charge in [0, 0.05) is 24.6 Å². The number of piperidine rings is 1. The Bertz CT molecular complexity index is 874. The Labute approximate surface area is 164 Å². The van der Waals surface area contributed by atoms with Gasteiger partial charge in [-0.15, -0.1) is 0 Å². The number of nitrogens with zero attached hydrogens (tertiary/aromatic N) is 1. The van der Waals surface area contributed by atoms with Crippen molar-refractivity contribution in [2.75, 3.05) is 20.1 Å². The van der Waals surface area contributed by atoms with Gasteiger partial charge in [0.15, 0.2) is 0 Å². The van der Waals surface area contributed by atoms with Gasteiger partial charge in [0.25, 0.3) is 0 Å². The van der Waals surface area contributed by atoms with Gasteiger partial charge in [-0.2, -0.15) is 0 Å². The molecule has 1 fully saturated rings. The van der Waals surface area contributed by atoms with Gasteiger partial charge < -0.3 is 15.1 Å². The van der Waals surface area contributed by atoms with E-state index < -0.39 is 11.9 Å². The van der Waals surface area contributed by atoms with Crippen molar-refractivity contribution in [1.82, 2.24) is 4.90 Å². The van der Waals surface area contributed by atoms with E-state index in [0.717, 1.165) is 6.42 Å². The van der Waals surface area contributed by atoms with Crippen molar-refractivity contribution in [2.45, 2.75) is 24.7 Å². The summed E-state index contributed by atoms with van der Waals surface area (Å²) in [6.07, 6.45) is 3.50. The summed E-state index contributed by atoms with van der Waals surface area (Å²) in [6, 6.07) is 18.2. The first-order valence-corrected chi connectivity index (χ1v) is 9.43. The summed E-state index contributed by atoms with van der Waals surface area (Å²) >= 11 is 0. The topological polar surface area (TPSA) is 77.8 Å². The Morgan fingerprint density at radius 3 is 1.93 bits per heavy atom. The zero-order chi connectivity index (χ0) is 20.1. The number of fused-ring (bicyclic) bond motifs is 5. The van der Waals surface area contributed by atoms with E-state index in [4.69, 9.17) is 10.2 Å². The molecule has 28 heavy (non-hydrogen) atoms. The molecular formula is C23H25NO4. The van der Waals surface area contributed by atoms with Crippen LogP contribution in [-0.2, 0) is 16.0 Å². The van der Waals surface area contributed by atoms with Gasteiger partial charge in [0.05, 0.1) is 0 Å². The maximum atomic E-state index is 9.55. The van der Waals surface area contributed by atoms with E-state index in [1.165, 1.54) is 30.6 Å². The lowest BCUT2D eigenvalue weighted by atomic mass is 9.77. The van der Waals surface area contributed by atoms with Crippen LogP contribution in [0.5, 0.6) is 0 Å². The van der Waals surface area contributed by atoms with Crippen molar-refractivity contribution >= 4 is 11.9 Å². The Morgan fingerprint density at radius 1 is 0.893 bits per heavy atom. The summed E-state index contributed by atoms with van der Waals surface area (Å²) in [5.74, 6) is -1.15. The monoisotopic (exact) mass is 379 g/mol. The minimum Gasteiger partial charge on any atom is -0.478 e. The fraction of sp³-hybridized carbons (Fsp3) is 0.304. The molecule has 1 heterocycles. The summed E-state index contributed by atoms with van der Waals surface area (Å²) in [5, 5.41) is 15.6. The summed E-state index contributed by atoms with van der Waals surface area (Å²) in [6.45, 7) is 2.41. The molecular weight excluding hydrogens is 354 g/mol. The van der Waals surface area contributed by atoms with Crippen LogP contribution in [0.1, 0.15) is 40.5 Å². The Balaban J connectivity index is 0.000000242. The largest absolute Gasteiger partial charge is 0.478 e. The highest BCUT2D eigenvalue weighted by molar-refractivity contribution is 5.89. The number of benzene rings is 2. The van der Waals surface area contributed by atoms with Crippen molar-refractivity contribution < 1.29 is 19.8 Å². The minimum atomic E-state index is -1.26. The number of carboxylic acid groups (broad SMARTS) is 2. The molecule has 2 aromatic carbocycles. The average molecular weight is 379 g/mol. The number of carboxylic acids is 2. The number of likely N-dealkylation sites (tertiary alicyclic amines) is 1. The quantitative estimate of drug-likeness (QED) is 0.781. The van der Waals surface area contributed by atoms with Crippen molar-refractivity contribution in [1.29, 1.82) is 0 Å². The van der Waals surface area contributed by atoms with Gasteiger partial charge >= 0.3 is 11.9 Å². The highest BCUT2D eigenvalue weighted by atomic mass is 16.4. The minimum absolute atomic E-state index is 0.558. The first kappa shape index (κ1) is 19.8. The molecule has 4 rings (SSSR count). The molecule has 0 unspecified atom stereocenters. The standard InChI is InChI=1S/C19H21N.C4H4O4/c1-20-11-10-18-16-8-4-2-6-14(16)12-15-7-3-5-9-17(15)19(18)13-20;5-3(6)1-2-4(7)8/h2-9,18-19H,10-13H2,1H3;1-2H,(H,5,6)(H,7,8)/b;2-1-/t18-,19+;/m0./s1. The molecule has 5 nitrogen and oxygen atoms in total. The highest BCUT2D eigenvalue weighted by Crippen LogP contribution is 2.44. The number of rotatable bonds is 2. The molecule has 0 spiro atoms. The predicted molar refractivity (Wildman–Crippen MR) is 108 cm³/mol. The van der Waals surface area contributed by atoms with Crippen LogP contribution in [0.3, 0.4) is 0 Å². The van der Waals surface area contributed by atoms with E-state index in [1.54, 1.807) is 11.1 Å². The maximum absolute atomic E-state index is 9.55. The first-order valence-electron chi connectivity index (χ1n) is 9.43. The van der Waals surface area contributed by atoms with Crippen LogP contribution >= 0.6 is 0 Å². The fourth-order valence-electron chi connectivity index (χ4n) is 4.26. The molecule has 2 N–H and O–H groups in total. The van der Waals surface area contributed by atoms with Crippen molar-refractivity contribution in [3.63, 3.8) is 0 Å². The summed E-state index contributed by atoms with van der Waals surface area (Å²) in [4.78, 5) is 21.6. The number of carbonyl (C=O) groups is 2. The molecule has 2 aliphatic rings. The molecule has 146 valence electrons. The van der Waals surface area contributed by atoms with E-state index in [1.807, 2.05) is 0 Å². The SMILES string of the molecule is CN1CC[C@H]2c3ccccc3Cc3ccccc3[C@H]2C1.O=C(O)/C=C\C(=O)O. The number of likely N-dealkylation sites (N-methyl/N-ethyl adjacent to an activating group) is 1. The molecule has 0 amide bonds. The molecule has 2 atom stereocenters. The zero-order valence-electron chi connectivity index (χ0n) is 15.9. The van der Waals surface area contributed by atoms with Crippen LogP contribution in [0.4, 0.5) is 0 Å². The van der Waals surface area contributed by atoms with Crippen LogP contribution in [0.15, 0.2) is 60.7 Å². The van der Waals surface area contributed by atoms with Crippen LogP contribution in [0.2, 0.25) is 0 Å². The lowest BCUT2D eigenvalue weighted by Crippen LogP contribution is -2.35. The molecule has 1 aliphatic carbocycles. The van der Waals surface area contributed by atoms with E-state index >= 15 is 0 Å². The highest BCUT2D eigenvalue weighted by Gasteiger charge is 2.34. The predicted octanol–water partition coefficient (Wildman–Crippen LogP) is 3.51. The number of hydrogen-bond acceptors (Lipinski definition) is 3. The molecule has 0 radical (unpaired) electrons. The maximum Gasteiger partial charge on any atom is 0.328 e. The van der Waals surface area contributed by atoms with E-state index in [9.17, 15) is 9.59 Å². The Kier molecular flexibility index (Phi) is 6.26. The lowest BCUT2D eigenvalue weighted by molar-refractivity contribution is -0.134. The molecule has 1 saturated heterocycles. The smallest absolute Gasteiger partial charge is 0.328 e. The summed E-state index contributed by atoms with van der Waals surface area (Å²) in [5.41, 5.74) is 6.25. The second kappa shape index (κ2) is 8.85. The van der Waals surface area contributed by atoms with E-state index in [0.29, 0.717) is 24.0 Å².